The van der Waals surface area contributed by atoms with Crippen LogP contribution in [0.15, 0.2) is 18.2 Å². The summed E-state index contributed by atoms with van der Waals surface area (Å²) in [7, 11) is 0. The molecule has 0 spiro atoms. The van der Waals surface area contributed by atoms with Crippen LogP contribution < -0.4 is 5.32 Å². The van der Waals surface area contributed by atoms with Gasteiger partial charge in [0.1, 0.15) is 11.5 Å². The summed E-state index contributed by atoms with van der Waals surface area (Å²) in [6.07, 6.45) is -3.90. The number of aromatic nitrogens is 1. The molecule has 2 heterocycles. The standard InChI is InChI=1S/C12H15F3N2O2/c1-11(18-7-8-19-11)5-6-16-10-4-2-3-9(17-10)12(13,14)15/h2-4H,5-8H2,1H3,(H,16,17). The number of hydrogen-bond donors (Lipinski definition) is 1. The zero-order valence-corrected chi connectivity index (χ0v) is 10.5. The largest absolute Gasteiger partial charge is 0.433 e. The van der Waals surface area contributed by atoms with Crippen molar-refractivity contribution in [2.45, 2.75) is 25.3 Å². The highest BCUT2D eigenvalue weighted by atomic mass is 19.4. The van der Waals surface area contributed by atoms with Gasteiger partial charge in [0.2, 0.25) is 0 Å². The van der Waals surface area contributed by atoms with E-state index in [9.17, 15) is 13.2 Å². The molecule has 19 heavy (non-hydrogen) atoms. The molecule has 0 aliphatic carbocycles. The molecular formula is C12H15F3N2O2. The molecule has 1 fully saturated rings. The predicted molar refractivity (Wildman–Crippen MR) is 62.7 cm³/mol. The number of alkyl halides is 3. The first kappa shape index (κ1) is 14.1. The van der Waals surface area contributed by atoms with Gasteiger partial charge in [0.05, 0.1) is 13.2 Å². The first-order valence-electron chi connectivity index (χ1n) is 5.95. The van der Waals surface area contributed by atoms with Gasteiger partial charge in [-0.25, -0.2) is 4.98 Å². The maximum atomic E-state index is 12.5. The molecule has 1 aliphatic heterocycles. The molecule has 0 radical (unpaired) electrons. The molecule has 0 amide bonds. The van der Waals surface area contributed by atoms with Crippen molar-refractivity contribution in [3.8, 4) is 0 Å². The predicted octanol–water partition coefficient (Wildman–Crippen LogP) is 2.67. The van der Waals surface area contributed by atoms with Crippen LogP contribution >= 0.6 is 0 Å². The monoisotopic (exact) mass is 276 g/mol. The van der Waals surface area contributed by atoms with Crippen LogP contribution in [0.5, 0.6) is 0 Å². The number of ether oxygens (including phenoxy) is 2. The van der Waals surface area contributed by atoms with Crippen molar-refractivity contribution in [3.05, 3.63) is 23.9 Å². The molecule has 0 unspecified atom stereocenters. The Morgan fingerprint density at radius 2 is 2.00 bits per heavy atom. The number of halogens is 3. The van der Waals surface area contributed by atoms with Gasteiger partial charge in [-0.1, -0.05) is 6.07 Å². The fourth-order valence-corrected chi connectivity index (χ4v) is 1.81. The number of nitrogens with zero attached hydrogens (tertiary/aromatic N) is 1. The van der Waals surface area contributed by atoms with Gasteiger partial charge in [0.25, 0.3) is 0 Å². The molecular weight excluding hydrogens is 261 g/mol. The third-order valence-electron chi connectivity index (χ3n) is 2.82. The minimum atomic E-state index is -4.43. The van der Waals surface area contributed by atoms with Crippen LogP contribution in [-0.4, -0.2) is 30.5 Å². The number of anilines is 1. The highest BCUT2D eigenvalue weighted by molar-refractivity contribution is 5.35. The number of rotatable bonds is 4. The normalized spacial score (nSPS) is 18.5. The summed E-state index contributed by atoms with van der Waals surface area (Å²) in [5.41, 5.74) is -0.905. The second kappa shape index (κ2) is 5.34. The molecule has 0 atom stereocenters. The number of hydrogen-bond acceptors (Lipinski definition) is 4. The molecule has 1 saturated heterocycles. The van der Waals surface area contributed by atoms with E-state index >= 15 is 0 Å². The zero-order chi connectivity index (χ0) is 13.9. The van der Waals surface area contributed by atoms with Crippen LogP contribution in [0.4, 0.5) is 19.0 Å². The Bertz CT molecular complexity index is 431. The first-order chi connectivity index (χ1) is 8.89. The number of pyridine rings is 1. The summed E-state index contributed by atoms with van der Waals surface area (Å²) in [4.78, 5) is 3.51. The maximum Gasteiger partial charge on any atom is 0.433 e. The minimum absolute atomic E-state index is 0.191. The minimum Gasteiger partial charge on any atom is -0.370 e. The highest BCUT2D eigenvalue weighted by Gasteiger charge is 2.33. The van der Waals surface area contributed by atoms with Crippen molar-refractivity contribution < 1.29 is 22.6 Å². The molecule has 1 aromatic heterocycles. The van der Waals surface area contributed by atoms with Gasteiger partial charge in [-0.3, -0.25) is 0 Å². The topological polar surface area (TPSA) is 43.4 Å². The van der Waals surface area contributed by atoms with Gasteiger partial charge in [0.15, 0.2) is 5.79 Å². The van der Waals surface area contributed by atoms with Crippen molar-refractivity contribution in [2.24, 2.45) is 0 Å². The third-order valence-corrected chi connectivity index (χ3v) is 2.82. The average molecular weight is 276 g/mol. The maximum absolute atomic E-state index is 12.5. The Balaban J connectivity index is 1.89. The lowest BCUT2D eigenvalue weighted by atomic mass is 10.2. The first-order valence-corrected chi connectivity index (χ1v) is 5.95. The Kier molecular flexibility index (Phi) is 3.96. The van der Waals surface area contributed by atoms with Gasteiger partial charge in [-0.15, -0.1) is 0 Å². The lowest BCUT2D eigenvalue weighted by Crippen LogP contribution is -2.28. The van der Waals surface area contributed by atoms with E-state index in [0.29, 0.717) is 26.2 Å². The van der Waals surface area contributed by atoms with E-state index < -0.39 is 17.7 Å². The molecule has 1 N–H and O–H groups in total. The Morgan fingerprint density at radius 1 is 1.32 bits per heavy atom. The smallest absolute Gasteiger partial charge is 0.370 e. The molecule has 1 aromatic rings. The van der Waals surface area contributed by atoms with Crippen molar-refractivity contribution in [1.29, 1.82) is 0 Å². The summed E-state index contributed by atoms with van der Waals surface area (Å²) in [6.45, 7) is 3.31. The van der Waals surface area contributed by atoms with Crippen LogP contribution in [0.25, 0.3) is 0 Å². The second-order valence-corrected chi connectivity index (χ2v) is 4.41. The van der Waals surface area contributed by atoms with Crippen LogP contribution in [0.2, 0.25) is 0 Å². The molecule has 106 valence electrons. The van der Waals surface area contributed by atoms with Crippen molar-refractivity contribution in [2.75, 3.05) is 25.1 Å². The van der Waals surface area contributed by atoms with Crippen molar-refractivity contribution >= 4 is 5.82 Å². The number of nitrogens with one attached hydrogen (secondary N) is 1. The van der Waals surface area contributed by atoms with Crippen LogP contribution in [-0.2, 0) is 15.7 Å². The van der Waals surface area contributed by atoms with E-state index in [1.807, 2.05) is 0 Å². The van der Waals surface area contributed by atoms with Crippen LogP contribution in [0, 0.1) is 0 Å². The summed E-state index contributed by atoms with van der Waals surface area (Å²) in [5.74, 6) is -0.467. The van der Waals surface area contributed by atoms with Crippen molar-refractivity contribution in [3.63, 3.8) is 0 Å². The van der Waals surface area contributed by atoms with E-state index in [2.05, 4.69) is 10.3 Å². The van der Waals surface area contributed by atoms with Gasteiger partial charge < -0.3 is 14.8 Å². The van der Waals surface area contributed by atoms with E-state index in [1.54, 1.807) is 6.92 Å². The zero-order valence-electron chi connectivity index (χ0n) is 10.5. The average Bonchev–Trinajstić information content (AvgIpc) is 2.76. The SMILES string of the molecule is CC1(CCNc2cccc(C(F)(F)F)n2)OCCO1. The summed E-state index contributed by atoms with van der Waals surface area (Å²) < 4.78 is 48.2. The molecule has 4 nitrogen and oxygen atoms in total. The molecule has 2 rings (SSSR count). The Hall–Kier alpha value is -1.34. The van der Waals surface area contributed by atoms with E-state index in [-0.39, 0.29) is 5.82 Å². The fourth-order valence-electron chi connectivity index (χ4n) is 1.81. The fraction of sp³-hybridized carbons (Fsp3) is 0.583. The van der Waals surface area contributed by atoms with Gasteiger partial charge in [-0.05, 0) is 19.1 Å². The molecule has 1 aliphatic rings. The van der Waals surface area contributed by atoms with Gasteiger partial charge >= 0.3 is 6.18 Å². The summed E-state index contributed by atoms with van der Waals surface area (Å²) in [5, 5.41) is 2.84. The van der Waals surface area contributed by atoms with E-state index in [0.717, 1.165) is 6.07 Å². The molecule has 0 bridgehead atoms. The van der Waals surface area contributed by atoms with Gasteiger partial charge in [-0.2, -0.15) is 13.2 Å². The summed E-state index contributed by atoms with van der Waals surface area (Å²) >= 11 is 0. The van der Waals surface area contributed by atoms with E-state index in [4.69, 9.17) is 9.47 Å². The third kappa shape index (κ3) is 3.81. The molecule has 0 saturated carbocycles. The van der Waals surface area contributed by atoms with Crippen molar-refractivity contribution in [1.82, 2.24) is 4.98 Å². The van der Waals surface area contributed by atoms with Gasteiger partial charge in [0, 0.05) is 13.0 Å². The quantitative estimate of drug-likeness (QED) is 0.918. The molecule has 7 heteroatoms. The molecule has 0 aromatic carbocycles. The Morgan fingerprint density at radius 3 is 2.63 bits per heavy atom. The second-order valence-electron chi connectivity index (χ2n) is 4.41. The Labute approximate surface area is 108 Å². The lowest BCUT2D eigenvalue weighted by Gasteiger charge is -2.22. The highest BCUT2D eigenvalue weighted by Crippen LogP contribution is 2.28. The summed E-state index contributed by atoms with van der Waals surface area (Å²) in [6, 6.07) is 3.76. The van der Waals surface area contributed by atoms with E-state index in [1.165, 1.54) is 12.1 Å². The van der Waals surface area contributed by atoms with Crippen LogP contribution in [0.1, 0.15) is 19.0 Å². The lowest BCUT2D eigenvalue weighted by molar-refractivity contribution is -0.144. The van der Waals surface area contributed by atoms with Crippen LogP contribution in [0.3, 0.4) is 0 Å².